The van der Waals surface area contributed by atoms with Crippen molar-refractivity contribution in [3.05, 3.63) is 30.5 Å². The van der Waals surface area contributed by atoms with Crippen molar-refractivity contribution in [2.24, 2.45) is 0 Å². The van der Waals surface area contributed by atoms with Gasteiger partial charge in [-0.3, -0.25) is 4.79 Å². The lowest BCUT2D eigenvalue weighted by molar-refractivity contribution is -0.126. The fourth-order valence-electron chi connectivity index (χ4n) is 2.60. The summed E-state index contributed by atoms with van der Waals surface area (Å²) in [6, 6.07) is 7.48. The second-order valence-corrected chi connectivity index (χ2v) is 5.93. The van der Waals surface area contributed by atoms with Gasteiger partial charge >= 0.3 is 0 Å². The van der Waals surface area contributed by atoms with Gasteiger partial charge in [-0.25, -0.2) is 4.98 Å². The van der Waals surface area contributed by atoms with Crippen molar-refractivity contribution in [2.45, 2.75) is 38.5 Å². The van der Waals surface area contributed by atoms with Crippen LogP contribution in [0.4, 0.5) is 0 Å². The summed E-state index contributed by atoms with van der Waals surface area (Å²) in [5.41, 5.74) is 0. The summed E-state index contributed by atoms with van der Waals surface area (Å²) < 4.78 is 11.5. The molecular weight excluding hydrogens is 296 g/mol. The fourth-order valence-corrected chi connectivity index (χ4v) is 2.60. The molecule has 0 aliphatic carbocycles. The lowest BCUT2D eigenvalue weighted by Crippen LogP contribution is -2.31. The topological polar surface area (TPSA) is 80.7 Å². The van der Waals surface area contributed by atoms with Gasteiger partial charge in [0.15, 0.2) is 0 Å². The molecule has 0 bridgehead atoms. The van der Waals surface area contributed by atoms with Crippen molar-refractivity contribution in [3.8, 4) is 11.6 Å². The standard InChI is InChI=1S/C17H20N2O4/c1-10(2)23-13-4-3-11-5-6-18-17(14(11)8-13)22-9-12-7-15(20)16(21)19-12/h3-6,8,10,12,15,20H,7,9H2,1-2H3,(H,19,21)/t12-,15-/m0/s1. The molecular formula is C17H20N2O4. The molecule has 1 aliphatic heterocycles. The number of ether oxygens (including phenoxy) is 2. The van der Waals surface area contributed by atoms with Crippen LogP contribution in [0.2, 0.25) is 0 Å². The molecule has 6 heteroatoms. The molecule has 0 spiro atoms. The van der Waals surface area contributed by atoms with Gasteiger partial charge in [0.2, 0.25) is 11.8 Å². The molecule has 1 saturated heterocycles. The lowest BCUT2D eigenvalue weighted by Gasteiger charge is -2.14. The van der Waals surface area contributed by atoms with E-state index in [-0.39, 0.29) is 24.7 Å². The van der Waals surface area contributed by atoms with Gasteiger partial charge < -0.3 is 19.9 Å². The van der Waals surface area contributed by atoms with Crippen molar-refractivity contribution < 1.29 is 19.4 Å². The molecule has 1 amide bonds. The average molecular weight is 316 g/mol. The van der Waals surface area contributed by atoms with E-state index in [1.54, 1.807) is 6.20 Å². The molecule has 6 nitrogen and oxygen atoms in total. The van der Waals surface area contributed by atoms with Crippen molar-refractivity contribution in [1.29, 1.82) is 0 Å². The molecule has 1 aliphatic rings. The Bertz CT molecular complexity index is 717. The zero-order valence-corrected chi connectivity index (χ0v) is 13.2. The number of fused-ring (bicyclic) bond motifs is 1. The van der Waals surface area contributed by atoms with Gasteiger partial charge in [-0.05, 0) is 37.4 Å². The Morgan fingerprint density at radius 3 is 2.91 bits per heavy atom. The summed E-state index contributed by atoms with van der Waals surface area (Å²) in [4.78, 5) is 15.6. The largest absolute Gasteiger partial charge is 0.491 e. The van der Waals surface area contributed by atoms with Crippen LogP contribution < -0.4 is 14.8 Å². The van der Waals surface area contributed by atoms with E-state index in [1.165, 1.54) is 0 Å². The summed E-state index contributed by atoms with van der Waals surface area (Å²) >= 11 is 0. The molecule has 0 unspecified atom stereocenters. The van der Waals surface area contributed by atoms with Gasteiger partial charge in [-0.2, -0.15) is 0 Å². The molecule has 1 aromatic carbocycles. The summed E-state index contributed by atoms with van der Waals surface area (Å²) in [5, 5.41) is 14.0. The third-order valence-electron chi connectivity index (χ3n) is 3.65. The maximum absolute atomic E-state index is 11.3. The number of benzene rings is 1. The predicted octanol–water partition coefficient (Wildman–Crippen LogP) is 1.65. The van der Waals surface area contributed by atoms with Gasteiger partial charge in [0.25, 0.3) is 0 Å². The molecule has 1 fully saturated rings. The molecule has 1 aromatic heterocycles. The van der Waals surface area contributed by atoms with E-state index < -0.39 is 6.10 Å². The first-order chi connectivity index (χ1) is 11.0. The number of nitrogens with zero attached hydrogens (tertiary/aromatic N) is 1. The predicted molar refractivity (Wildman–Crippen MR) is 85.6 cm³/mol. The Morgan fingerprint density at radius 2 is 2.22 bits per heavy atom. The lowest BCUT2D eigenvalue weighted by atomic mass is 10.1. The normalized spacial score (nSPS) is 20.8. The quantitative estimate of drug-likeness (QED) is 0.876. The molecule has 2 atom stereocenters. The van der Waals surface area contributed by atoms with E-state index in [9.17, 15) is 9.90 Å². The highest BCUT2D eigenvalue weighted by atomic mass is 16.5. The number of aromatic nitrogens is 1. The summed E-state index contributed by atoms with van der Waals surface area (Å²) in [6.07, 6.45) is 1.17. The van der Waals surface area contributed by atoms with Crippen LogP contribution in [0.5, 0.6) is 11.6 Å². The monoisotopic (exact) mass is 316 g/mol. The van der Waals surface area contributed by atoms with Crippen LogP contribution in [0, 0.1) is 0 Å². The highest BCUT2D eigenvalue weighted by Gasteiger charge is 2.30. The van der Waals surface area contributed by atoms with Crippen molar-refractivity contribution in [2.75, 3.05) is 6.61 Å². The number of aliphatic hydroxyl groups is 1. The number of amides is 1. The van der Waals surface area contributed by atoms with Crippen LogP contribution in [0.25, 0.3) is 10.8 Å². The molecule has 2 N–H and O–H groups in total. The highest BCUT2D eigenvalue weighted by molar-refractivity contribution is 5.88. The van der Waals surface area contributed by atoms with Gasteiger partial charge in [0, 0.05) is 18.0 Å². The Balaban J connectivity index is 1.78. The smallest absolute Gasteiger partial charge is 0.249 e. The minimum Gasteiger partial charge on any atom is -0.491 e. The number of hydrogen-bond acceptors (Lipinski definition) is 5. The first-order valence-corrected chi connectivity index (χ1v) is 7.69. The summed E-state index contributed by atoms with van der Waals surface area (Å²) in [7, 11) is 0. The number of pyridine rings is 1. The number of rotatable bonds is 5. The minimum atomic E-state index is -0.949. The van der Waals surface area contributed by atoms with Crippen LogP contribution in [-0.4, -0.2) is 40.9 Å². The maximum Gasteiger partial charge on any atom is 0.249 e. The second kappa shape index (κ2) is 6.42. The number of carbonyl (C=O) groups is 1. The Kier molecular flexibility index (Phi) is 4.34. The van der Waals surface area contributed by atoms with Crippen molar-refractivity contribution in [3.63, 3.8) is 0 Å². The maximum atomic E-state index is 11.3. The number of carbonyl (C=O) groups excluding carboxylic acids is 1. The molecule has 3 rings (SSSR count). The van der Waals surface area contributed by atoms with Crippen molar-refractivity contribution in [1.82, 2.24) is 10.3 Å². The molecule has 0 radical (unpaired) electrons. The van der Waals surface area contributed by atoms with E-state index >= 15 is 0 Å². The van der Waals surface area contributed by atoms with E-state index in [0.717, 1.165) is 16.5 Å². The van der Waals surface area contributed by atoms with Crippen LogP contribution in [0.1, 0.15) is 20.3 Å². The van der Waals surface area contributed by atoms with Crippen LogP contribution in [0.15, 0.2) is 30.5 Å². The highest BCUT2D eigenvalue weighted by Crippen LogP contribution is 2.28. The molecule has 122 valence electrons. The van der Waals surface area contributed by atoms with Gasteiger partial charge in [-0.1, -0.05) is 6.07 Å². The van der Waals surface area contributed by atoms with E-state index in [2.05, 4.69) is 10.3 Å². The zero-order valence-electron chi connectivity index (χ0n) is 13.2. The molecule has 23 heavy (non-hydrogen) atoms. The summed E-state index contributed by atoms with van der Waals surface area (Å²) in [6.45, 7) is 4.21. The number of aliphatic hydroxyl groups excluding tert-OH is 1. The third-order valence-corrected chi connectivity index (χ3v) is 3.65. The van der Waals surface area contributed by atoms with Gasteiger partial charge in [0.05, 0.1) is 12.1 Å². The number of hydrogen-bond donors (Lipinski definition) is 2. The zero-order chi connectivity index (χ0) is 16.4. The molecule has 2 aromatic rings. The Labute approximate surface area is 134 Å². The van der Waals surface area contributed by atoms with Crippen LogP contribution >= 0.6 is 0 Å². The van der Waals surface area contributed by atoms with Crippen molar-refractivity contribution >= 4 is 16.7 Å². The number of nitrogens with one attached hydrogen (secondary N) is 1. The SMILES string of the molecule is CC(C)Oc1ccc2ccnc(OC[C@@H]3C[C@H](O)C(=O)N3)c2c1. The van der Waals surface area contributed by atoms with Gasteiger partial charge in [0.1, 0.15) is 18.5 Å². The third kappa shape index (κ3) is 3.53. The minimum absolute atomic E-state index is 0.0867. The Hall–Kier alpha value is -2.34. The van der Waals surface area contributed by atoms with E-state index in [4.69, 9.17) is 9.47 Å². The fraction of sp³-hybridized carbons (Fsp3) is 0.412. The molecule has 0 saturated carbocycles. The average Bonchev–Trinajstić information content (AvgIpc) is 2.83. The first-order valence-electron chi connectivity index (χ1n) is 7.69. The molecule has 2 heterocycles. The Morgan fingerprint density at radius 1 is 1.39 bits per heavy atom. The van der Waals surface area contributed by atoms with E-state index in [1.807, 2.05) is 38.1 Å². The van der Waals surface area contributed by atoms with E-state index in [0.29, 0.717) is 12.3 Å². The van der Waals surface area contributed by atoms with Crippen LogP contribution in [0.3, 0.4) is 0 Å². The summed E-state index contributed by atoms with van der Waals surface area (Å²) in [5.74, 6) is 0.902. The van der Waals surface area contributed by atoms with Crippen LogP contribution in [-0.2, 0) is 4.79 Å². The second-order valence-electron chi connectivity index (χ2n) is 5.93. The first kappa shape index (κ1) is 15.6. The van der Waals surface area contributed by atoms with Gasteiger partial charge in [-0.15, -0.1) is 0 Å².